The number of rotatable bonds is 5. The second-order valence-corrected chi connectivity index (χ2v) is 9.44. The van der Waals surface area contributed by atoms with E-state index in [1.165, 1.54) is 4.90 Å². The van der Waals surface area contributed by atoms with Crippen molar-refractivity contribution in [1.29, 1.82) is 0 Å². The minimum absolute atomic E-state index is 0.141. The highest BCUT2D eigenvalue weighted by atomic mass is 32.1. The highest BCUT2D eigenvalue weighted by Crippen LogP contribution is 2.41. The Bertz CT molecular complexity index is 817. The molecule has 0 aliphatic carbocycles. The van der Waals surface area contributed by atoms with E-state index in [9.17, 15) is 9.59 Å². The van der Waals surface area contributed by atoms with Crippen LogP contribution in [0.25, 0.3) is 11.1 Å². The van der Waals surface area contributed by atoms with Gasteiger partial charge in [0.1, 0.15) is 0 Å². The molecule has 0 N–H and O–H groups in total. The lowest BCUT2D eigenvalue weighted by Crippen LogP contribution is -2.32. The summed E-state index contributed by atoms with van der Waals surface area (Å²) in [5, 5.41) is 0. The smallest absolute Gasteiger partial charge is 0.262 e. The molecule has 25 heavy (non-hydrogen) atoms. The van der Waals surface area contributed by atoms with Gasteiger partial charge in [-0.05, 0) is 46.2 Å². The van der Waals surface area contributed by atoms with Gasteiger partial charge in [-0.3, -0.25) is 14.5 Å². The second-order valence-electron chi connectivity index (χ2n) is 6.52. The first kappa shape index (κ1) is 18.1. The van der Waals surface area contributed by atoms with Crippen molar-refractivity contribution in [2.24, 2.45) is 0 Å². The van der Waals surface area contributed by atoms with Gasteiger partial charge in [0.05, 0.1) is 11.1 Å². The molecular formula is C20H23NO2S2. The number of imide groups is 1. The molecule has 132 valence electrons. The topological polar surface area (TPSA) is 37.4 Å². The maximum Gasteiger partial charge on any atom is 0.262 e. The summed E-state index contributed by atoms with van der Waals surface area (Å²) in [6.07, 6.45) is 1.79. The van der Waals surface area contributed by atoms with Gasteiger partial charge in [-0.25, -0.2) is 0 Å². The summed E-state index contributed by atoms with van der Waals surface area (Å²) in [6.45, 7) is 10.7. The Morgan fingerprint density at radius 2 is 1.28 bits per heavy atom. The third-order valence-electron chi connectivity index (χ3n) is 4.52. The predicted octanol–water partition coefficient (Wildman–Crippen LogP) is 5.12. The predicted molar refractivity (Wildman–Crippen MR) is 106 cm³/mol. The normalized spacial score (nSPS) is 15.0. The van der Waals surface area contributed by atoms with E-state index in [-0.39, 0.29) is 11.8 Å². The number of hydrogen-bond acceptors (Lipinski definition) is 4. The largest absolute Gasteiger partial charge is 0.274 e. The molecule has 0 bridgehead atoms. The number of carbonyl (C=O) groups excluding carboxylic acids is 2. The first-order valence-corrected chi connectivity index (χ1v) is 10.2. The molecule has 0 atom stereocenters. The van der Waals surface area contributed by atoms with E-state index in [4.69, 9.17) is 0 Å². The number of nitrogens with zero attached hydrogens (tertiary/aromatic N) is 1. The van der Waals surface area contributed by atoms with Crippen molar-refractivity contribution in [3.8, 4) is 0 Å². The van der Waals surface area contributed by atoms with E-state index in [0.717, 1.165) is 43.5 Å². The van der Waals surface area contributed by atoms with Crippen LogP contribution in [0.4, 0.5) is 0 Å². The summed E-state index contributed by atoms with van der Waals surface area (Å²) in [5.41, 5.74) is 3.00. The van der Waals surface area contributed by atoms with Crippen LogP contribution in [0.3, 0.4) is 0 Å². The monoisotopic (exact) mass is 373 g/mol. The fourth-order valence-corrected chi connectivity index (χ4v) is 5.21. The van der Waals surface area contributed by atoms with Crippen LogP contribution < -0.4 is 0 Å². The second kappa shape index (κ2) is 6.89. The van der Waals surface area contributed by atoms with Gasteiger partial charge in [0, 0.05) is 37.2 Å². The summed E-state index contributed by atoms with van der Waals surface area (Å²) in [6, 6.07) is 4.08. The molecule has 0 spiro atoms. The number of amides is 2. The first-order chi connectivity index (χ1) is 11.8. The van der Waals surface area contributed by atoms with Crippen LogP contribution in [-0.4, -0.2) is 23.3 Å². The van der Waals surface area contributed by atoms with Gasteiger partial charge in [0.15, 0.2) is 0 Å². The summed E-state index contributed by atoms with van der Waals surface area (Å²) >= 11 is 3.34. The highest BCUT2D eigenvalue weighted by Gasteiger charge is 2.40. The summed E-state index contributed by atoms with van der Waals surface area (Å²) < 4.78 is 0. The molecule has 0 unspecified atom stereocenters. The van der Waals surface area contributed by atoms with Gasteiger partial charge in [0.25, 0.3) is 11.8 Å². The molecule has 2 aromatic heterocycles. The molecule has 1 aliphatic rings. The van der Waals surface area contributed by atoms with E-state index in [1.807, 2.05) is 39.8 Å². The van der Waals surface area contributed by atoms with E-state index >= 15 is 0 Å². The Hall–Kier alpha value is -1.72. The Labute approximate surface area is 157 Å². The third kappa shape index (κ3) is 3.11. The van der Waals surface area contributed by atoms with E-state index in [0.29, 0.717) is 17.7 Å². The summed E-state index contributed by atoms with van der Waals surface area (Å²) in [7, 11) is 0. The van der Waals surface area contributed by atoms with Gasteiger partial charge in [0.2, 0.25) is 0 Å². The van der Waals surface area contributed by atoms with Crippen LogP contribution in [0.1, 0.15) is 50.4 Å². The lowest BCUT2D eigenvalue weighted by atomic mass is 9.97. The first-order valence-electron chi connectivity index (χ1n) is 8.60. The van der Waals surface area contributed by atoms with Gasteiger partial charge in [-0.2, -0.15) is 0 Å². The molecule has 2 aromatic rings. The molecular weight excluding hydrogens is 350 g/mol. The van der Waals surface area contributed by atoms with Gasteiger partial charge >= 0.3 is 0 Å². The van der Waals surface area contributed by atoms with Crippen LogP contribution >= 0.6 is 22.7 Å². The molecule has 3 rings (SSSR count). The lowest BCUT2D eigenvalue weighted by Gasteiger charge is -2.14. The molecule has 3 heterocycles. The fourth-order valence-electron chi connectivity index (χ4n) is 3.35. The van der Waals surface area contributed by atoms with Crippen LogP contribution in [0.5, 0.6) is 0 Å². The third-order valence-corrected chi connectivity index (χ3v) is 6.46. The zero-order valence-corrected chi connectivity index (χ0v) is 17.0. The summed E-state index contributed by atoms with van der Waals surface area (Å²) in [5.74, 6) is -0.282. The minimum Gasteiger partial charge on any atom is -0.274 e. The summed E-state index contributed by atoms with van der Waals surface area (Å²) in [4.78, 5) is 32.2. The van der Waals surface area contributed by atoms with Crippen molar-refractivity contribution in [3.05, 3.63) is 42.8 Å². The average Bonchev–Trinajstić information content (AvgIpc) is 3.12. The maximum atomic E-state index is 13.1. The minimum atomic E-state index is -0.141. The fraction of sp³-hybridized carbons (Fsp3) is 0.400. The van der Waals surface area contributed by atoms with Crippen LogP contribution in [0.2, 0.25) is 0 Å². The molecule has 2 amide bonds. The number of hydrogen-bond donors (Lipinski definition) is 0. The van der Waals surface area contributed by atoms with Crippen molar-refractivity contribution in [2.45, 2.75) is 47.5 Å². The van der Waals surface area contributed by atoms with Crippen molar-refractivity contribution >= 4 is 45.6 Å². The Kier molecular flexibility index (Phi) is 4.98. The molecule has 0 fully saturated rings. The Morgan fingerprint density at radius 3 is 1.60 bits per heavy atom. The number of carbonyl (C=O) groups is 2. The van der Waals surface area contributed by atoms with Crippen LogP contribution in [0, 0.1) is 27.7 Å². The van der Waals surface area contributed by atoms with Crippen LogP contribution in [0.15, 0.2) is 12.1 Å². The van der Waals surface area contributed by atoms with E-state index < -0.39 is 0 Å². The maximum absolute atomic E-state index is 13.1. The van der Waals surface area contributed by atoms with Gasteiger partial charge in [-0.15, -0.1) is 22.7 Å². The Morgan fingerprint density at radius 1 is 0.840 bits per heavy atom. The zero-order valence-electron chi connectivity index (χ0n) is 15.4. The van der Waals surface area contributed by atoms with E-state index in [1.54, 1.807) is 22.7 Å². The average molecular weight is 374 g/mol. The van der Waals surface area contributed by atoms with E-state index in [2.05, 4.69) is 6.92 Å². The van der Waals surface area contributed by atoms with Crippen molar-refractivity contribution < 1.29 is 9.59 Å². The van der Waals surface area contributed by atoms with Gasteiger partial charge in [-0.1, -0.05) is 13.3 Å². The molecule has 0 saturated heterocycles. The lowest BCUT2D eigenvalue weighted by molar-refractivity contribution is -0.136. The standard InChI is InChI=1S/C20H23NO2S2/c1-6-7-8-21-19(22)17(15-9-11(2)24-13(15)4)18(20(21)23)16-10-12(3)25-14(16)5/h9-10H,6-8H2,1-5H3. The molecule has 1 aliphatic heterocycles. The number of thiophene rings is 2. The molecule has 3 nitrogen and oxygen atoms in total. The van der Waals surface area contributed by atoms with Gasteiger partial charge < -0.3 is 0 Å². The molecule has 0 aromatic carbocycles. The zero-order chi connectivity index (χ0) is 18.3. The highest BCUT2D eigenvalue weighted by molar-refractivity contribution is 7.12. The molecule has 0 saturated carbocycles. The Balaban J connectivity index is 2.21. The quantitative estimate of drug-likeness (QED) is 0.682. The van der Waals surface area contributed by atoms with Crippen LogP contribution in [-0.2, 0) is 9.59 Å². The SMILES string of the molecule is CCCCN1C(=O)C(c2cc(C)sc2C)=C(c2cc(C)sc2C)C1=O. The van der Waals surface area contributed by atoms with Crippen molar-refractivity contribution in [1.82, 2.24) is 4.90 Å². The number of aryl methyl sites for hydroxylation is 4. The molecule has 5 heteroatoms. The van der Waals surface area contributed by atoms with Crippen molar-refractivity contribution in [2.75, 3.05) is 6.54 Å². The van der Waals surface area contributed by atoms with Crippen molar-refractivity contribution in [3.63, 3.8) is 0 Å². The molecule has 0 radical (unpaired) electrons. The number of unbranched alkanes of at least 4 members (excludes halogenated alkanes) is 1.